The molecular weight excluding hydrogens is 340 g/mol. The van der Waals surface area contributed by atoms with Crippen molar-refractivity contribution in [1.82, 2.24) is 14.8 Å². The third-order valence-corrected chi connectivity index (χ3v) is 4.94. The molecule has 0 saturated carbocycles. The van der Waals surface area contributed by atoms with Crippen LogP contribution < -0.4 is 5.32 Å². The zero-order valence-corrected chi connectivity index (χ0v) is 15.5. The predicted octanol–water partition coefficient (Wildman–Crippen LogP) is 3.88. The van der Waals surface area contributed by atoms with E-state index in [1.54, 1.807) is 0 Å². The fourth-order valence-electron chi connectivity index (χ4n) is 3.56. The number of nitrogens with zero attached hydrogens (tertiary/aromatic N) is 3. The fourth-order valence-corrected chi connectivity index (χ4v) is 3.56. The normalized spacial score (nSPS) is 15.7. The van der Waals surface area contributed by atoms with Crippen molar-refractivity contribution < 1.29 is 9.21 Å². The third kappa shape index (κ3) is 4.11. The number of rotatable bonds is 3. The van der Waals surface area contributed by atoms with Crippen LogP contribution >= 0.6 is 0 Å². The maximum atomic E-state index is 12.8. The average molecular weight is 364 g/mol. The second kappa shape index (κ2) is 7.80. The monoisotopic (exact) mass is 364 g/mol. The van der Waals surface area contributed by atoms with Crippen molar-refractivity contribution in [3.63, 3.8) is 0 Å². The summed E-state index contributed by atoms with van der Waals surface area (Å²) in [7, 11) is 0. The van der Waals surface area contributed by atoms with Crippen LogP contribution in [0, 0.1) is 6.92 Å². The zero-order chi connectivity index (χ0) is 18.6. The predicted molar refractivity (Wildman–Crippen MR) is 106 cm³/mol. The maximum Gasteiger partial charge on any atom is 0.321 e. The molecule has 6 nitrogen and oxygen atoms in total. The van der Waals surface area contributed by atoms with Crippen molar-refractivity contribution in [2.75, 3.05) is 31.5 Å². The Labute approximate surface area is 158 Å². The summed E-state index contributed by atoms with van der Waals surface area (Å²) in [5.41, 5.74) is 2.71. The molecule has 4 rings (SSSR count). The maximum absolute atomic E-state index is 12.8. The van der Waals surface area contributed by atoms with E-state index in [0.29, 0.717) is 6.54 Å². The lowest BCUT2D eigenvalue weighted by Crippen LogP contribution is -2.38. The molecule has 6 heteroatoms. The van der Waals surface area contributed by atoms with E-state index in [-0.39, 0.29) is 6.03 Å². The number of pyridine rings is 1. The molecule has 0 atom stereocenters. The van der Waals surface area contributed by atoms with E-state index in [1.165, 1.54) is 5.56 Å². The minimum atomic E-state index is -0.0673. The molecule has 2 amide bonds. The van der Waals surface area contributed by atoms with Crippen molar-refractivity contribution in [2.45, 2.75) is 19.9 Å². The Morgan fingerprint density at radius 2 is 2.00 bits per heavy atom. The SMILES string of the molecule is Cc1cc2cccc(NC(=O)N3CCCN(Cc4ccncc4)CC3)c2o1. The molecule has 1 aromatic carbocycles. The second-order valence-corrected chi connectivity index (χ2v) is 6.98. The van der Waals surface area contributed by atoms with Crippen LogP contribution in [-0.4, -0.2) is 47.0 Å². The zero-order valence-electron chi connectivity index (χ0n) is 15.5. The van der Waals surface area contributed by atoms with Crippen LogP contribution in [0.2, 0.25) is 0 Å². The van der Waals surface area contributed by atoms with Crippen LogP contribution in [0.25, 0.3) is 11.0 Å². The quantitative estimate of drug-likeness (QED) is 0.766. The summed E-state index contributed by atoms with van der Waals surface area (Å²) in [4.78, 5) is 21.1. The number of anilines is 1. The highest BCUT2D eigenvalue weighted by atomic mass is 16.3. The van der Waals surface area contributed by atoms with Gasteiger partial charge in [0.25, 0.3) is 0 Å². The molecule has 0 spiro atoms. The van der Waals surface area contributed by atoms with Gasteiger partial charge >= 0.3 is 6.03 Å². The van der Waals surface area contributed by atoms with Gasteiger partial charge in [0, 0.05) is 50.5 Å². The lowest BCUT2D eigenvalue weighted by Gasteiger charge is -2.22. The van der Waals surface area contributed by atoms with Crippen molar-refractivity contribution >= 4 is 22.7 Å². The molecule has 1 aliphatic heterocycles. The number of aromatic nitrogens is 1. The topological polar surface area (TPSA) is 61.6 Å². The second-order valence-electron chi connectivity index (χ2n) is 6.98. The summed E-state index contributed by atoms with van der Waals surface area (Å²) >= 11 is 0. The first-order chi connectivity index (χ1) is 13.2. The molecule has 1 saturated heterocycles. The van der Waals surface area contributed by atoms with Gasteiger partial charge in [-0.2, -0.15) is 0 Å². The molecule has 1 N–H and O–H groups in total. The molecule has 0 unspecified atom stereocenters. The molecule has 27 heavy (non-hydrogen) atoms. The van der Waals surface area contributed by atoms with Gasteiger partial charge in [-0.1, -0.05) is 12.1 Å². The molecular formula is C21H24N4O2. The lowest BCUT2D eigenvalue weighted by atomic mass is 10.2. The van der Waals surface area contributed by atoms with Gasteiger partial charge < -0.3 is 14.6 Å². The van der Waals surface area contributed by atoms with E-state index < -0.39 is 0 Å². The number of para-hydroxylation sites is 1. The number of benzene rings is 1. The molecule has 3 aromatic rings. The number of fused-ring (bicyclic) bond motifs is 1. The van der Waals surface area contributed by atoms with Gasteiger partial charge in [-0.15, -0.1) is 0 Å². The van der Waals surface area contributed by atoms with E-state index >= 15 is 0 Å². The Bertz CT molecular complexity index is 922. The van der Waals surface area contributed by atoms with Gasteiger partial charge in [-0.05, 0) is 43.2 Å². The standard InChI is InChI=1S/C21H24N4O2/c1-16-14-18-4-2-5-19(20(18)27-16)23-21(26)25-11-3-10-24(12-13-25)15-17-6-8-22-9-7-17/h2,4-9,14H,3,10-13,15H2,1H3,(H,23,26). The van der Waals surface area contributed by atoms with E-state index in [1.807, 2.05) is 60.6 Å². The van der Waals surface area contributed by atoms with E-state index in [0.717, 1.165) is 55.0 Å². The van der Waals surface area contributed by atoms with Gasteiger partial charge in [0.05, 0.1) is 5.69 Å². The van der Waals surface area contributed by atoms with Crippen molar-refractivity contribution in [1.29, 1.82) is 0 Å². The Morgan fingerprint density at radius 1 is 1.15 bits per heavy atom. The number of amides is 2. The molecule has 0 aliphatic carbocycles. The van der Waals surface area contributed by atoms with Crippen molar-refractivity contribution in [3.8, 4) is 0 Å². The molecule has 1 aliphatic rings. The highest BCUT2D eigenvalue weighted by Crippen LogP contribution is 2.26. The molecule has 140 valence electrons. The Hall–Kier alpha value is -2.86. The van der Waals surface area contributed by atoms with E-state index in [9.17, 15) is 4.79 Å². The Balaban J connectivity index is 1.39. The fraction of sp³-hybridized carbons (Fsp3) is 0.333. The molecule has 2 aromatic heterocycles. The van der Waals surface area contributed by atoms with Crippen LogP contribution in [0.5, 0.6) is 0 Å². The van der Waals surface area contributed by atoms with Crippen LogP contribution in [-0.2, 0) is 6.54 Å². The highest BCUT2D eigenvalue weighted by Gasteiger charge is 2.20. The summed E-state index contributed by atoms with van der Waals surface area (Å²) in [6.07, 6.45) is 4.61. The van der Waals surface area contributed by atoms with Gasteiger partial charge in [-0.25, -0.2) is 4.79 Å². The minimum absolute atomic E-state index is 0.0673. The van der Waals surface area contributed by atoms with Gasteiger partial charge in [-0.3, -0.25) is 9.88 Å². The number of hydrogen-bond donors (Lipinski definition) is 1. The highest BCUT2D eigenvalue weighted by molar-refractivity contribution is 5.99. The smallest absolute Gasteiger partial charge is 0.321 e. The van der Waals surface area contributed by atoms with Crippen LogP contribution in [0.3, 0.4) is 0 Å². The number of carbonyl (C=O) groups excluding carboxylic acids is 1. The van der Waals surface area contributed by atoms with Crippen LogP contribution in [0.1, 0.15) is 17.7 Å². The largest absolute Gasteiger partial charge is 0.459 e. The summed E-state index contributed by atoms with van der Waals surface area (Å²) in [6, 6.07) is 11.8. The first-order valence-corrected chi connectivity index (χ1v) is 9.35. The number of nitrogens with one attached hydrogen (secondary N) is 1. The van der Waals surface area contributed by atoms with E-state index in [4.69, 9.17) is 4.42 Å². The number of urea groups is 1. The van der Waals surface area contributed by atoms with Gasteiger partial charge in [0.1, 0.15) is 5.76 Å². The molecule has 0 bridgehead atoms. The number of aryl methyl sites for hydroxylation is 1. The Morgan fingerprint density at radius 3 is 2.85 bits per heavy atom. The molecule has 0 radical (unpaired) electrons. The first-order valence-electron chi connectivity index (χ1n) is 9.35. The van der Waals surface area contributed by atoms with Gasteiger partial charge in [0.2, 0.25) is 0 Å². The van der Waals surface area contributed by atoms with Crippen molar-refractivity contribution in [2.24, 2.45) is 0 Å². The van der Waals surface area contributed by atoms with Crippen molar-refractivity contribution in [3.05, 3.63) is 60.1 Å². The summed E-state index contributed by atoms with van der Waals surface area (Å²) in [5.74, 6) is 0.841. The van der Waals surface area contributed by atoms with E-state index in [2.05, 4.69) is 15.2 Å². The first kappa shape index (κ1) is 17.5. The molecule has 1 fully saturated rings. The van der Waals surface area contributed by atoms with Gasteiger partial charge in [0.15, 0.2) is 5.58 Å². The number of furan rings is 1. The summed E-state index contributed by atoms with van der Waals surface area (Å²) in [5, 5.41) is 4.03. The summed E-state index contributed by atoms with van der Waals surface area (Å²) in [6.45, 7) is 6.12. The minimum Gasteiger partial charge on any atom is -0.459 e. The third-order valence-electron chi connectivity index (χ3n) is 4.94. The number of carbonyl (C=O) groups is 1. The van der Waals surface area contributed by atoms with Crippen LogP contribution in [0.15, 0.2) is 53.2 Å². The average Bonchev–Trinajstić information content (AvgIpc) is 2.90. The lowest BCUT2D eigenvalue weighted by molar-refractivity contribution is 0.211. The summed E-state index contributed by atoms with van der Waals surface area (Å²) < 4.78 is 5.75. The molecule has 3 heterocycles. The Kier molecular flexibility index (Phi) is 5.07. The van der Waals surface area contributed by atoms with Crippen LogP contribution in [0.4, 0.5) is 10.5 Å². The number of hydrogen-bond acceptors (Lipinski definition) is 4.